The fourth-order valence-electron chi connectivity index (χ4n) is 2.69. The molecular formula is C16H19N3O5S. The van der Waals surface area contributed by atoms with Crippen LogP contribution in [0.3, 0.4) is 0 Å². The number of thiazole rings is 1. The molecule has 2 aromatic rings. The number of nitrogens with two attached hydrogens (primary N) is 1. The van der Waals surface area contributed by atoms with E-state index in [-0.39, 0.29) is 19.3 Å². The Bertz CT molecular complexity index is 764. The quantitative estimate of drug-likeness (QED) is 0.564. The maximum absolute atomic E-state index is 10.3. The molecule has 0 fully saturated rings. The lowest BCUT2D eigenvalue weighted by molar-refractivity contribution is -0.757. The number of benzene rings is 1. The molecule has 3 rings (SSSR count). The summed E-state index contributed by atoms with van der Waals surface area (Å²) in [5, 5.41) is 10.4. The summed E-state index contributed by atoms with van der Waals surface area (Å²) in [6.45, 7) is 2.65. The van der Waals surface area contributed by atoms with E-state index in [9.17, 15) is 10.1 Å². The molecule has 1 aromatic heterocycles. The maximum atomic E-state index is 10.3. The van der Waals surface area contributed by atoms with E-state index in [1.165, 1.54) is 11.3 Å². The number of ether oxygens (including phenoxy) is 2. The van der Waals surface area contributed by atoms with Crippen LogP contribution in [0.2, 0.25) is 0 Å². The zero-order chi connectivity index (χ0) is 17.8. The van der Waals surface area contributed by atoms with Gasteiger partial charge in [-0.15, -0.1) is 21.5 Å². The number of aromatic nitrogens is 1. The molecule has 0 bridgehead atoms. The van der Waals surface area contributed by atoms with Gasteiger partial charge in [0.25, 0.3) is 5.09 Å². The lowest BCUT2D eigenvalue weighted by atomic mass is 9.99. The van der Waals surface area contributed by atoms with Crippen molar-refractivity contribution in [3.8, 4) is 11.5 Å². The third-order valence-corrected chi connectivity index (χ3v) is 5.37. The van der Waals surface area contributed by atoms with E-state index < -0.39 is 5.09 Å². The van der Waals surface area contributed by atoms with Crippen molar-refractivity contribution in [2.75, 3.05) is 19.9 Å². The molecule has 0 spiro atoms. The van der Waals surface area contributed by atoms with E-state index >= 15 is 0 Å². The van der Waals surface area contributed by atoms with E-state index in [2.05, 4.69) is 9.82 Å². The minimum atomic E-state index is -0.778. The Morgan fingerprint density at radius 1 is 1.44 bits per heavy atom. The largest absolute Gasteiger partial charge is 0.454 e. The van der Waals surface area contributed by atoms with Crippen LogP contribution in [-0.2, 0) is 17.7 Å². The summed E-state index contributed by atoms with van der Waals surface area (Å²) in [5.41, 5.74) is 7.94. The van der Waals surface area contributed by atoms with Gasteiger partial charge in [-0.3, -0.25) is 0 Å². The first-order valence-corrected chi connectivity index (χ1v) is 8.70. The average molecular weight is 365 g/mol. The summed E-state index contributed by atoms with van der Waals surface area (Å²) in [7, 11) is 0. The SMILES string of the molecule is Cc1nc(C(CN)Cc2ccc3c(c2)OCO3)sc1CCO[N+](=O)[O-]. The summed E-state index contributed by atoms with van der Waals surface area (Å²) in [4.78, 5) is 20.2. The van der Waals surface area contributed by atoms with Crippen molar-refractivity contribution in [3.05, 3.63) is 49.5 Å². The normalized spacial score (nSPS) is 13.7. The molecule has 1 aliphatic rings. The lowest BCUT2D eigenvalue weighted by Crippen LogP contribution is -2.15. The zero-order valence-electron chi connectivity index (χ0n) is 13.8. The molecule has 2 N–H and O–H groups in total. The minimum Gasteiger partial charge on any atom is -0.454 e. The van der Waals surface area contributed by atoms with Crippen LogP contribution in [0, 0.1) is 17.0 Å². The molecule has 25 heavy (non-hydrogen) atoms. The Morgan fingerprint density at radius 2 is 2.24 bits per heavy atom. The van der Waals surface area contributed by atoms with E-state index in [4.69, 9.17) is 15.2 Å². The van der Waals surface area contributed by atoms with Gasteiger partial charge in [0, 0.05) is 23.8 Å². The van der Waals surface area contributed by atoms with Crippen LogP contribution in [0.1, 0.15) is 27.1 Å². The molecular weight excluding hydrogens is 346 g/mol. The predicted molar refractivity (Wildman–Crippen MR) is 91.6 cm³/mol. The van der Waals surface area contributed by atoms with Crippen LogP contribution >= 0.6 is 11.3 Å². The fourth-order valence-corrected chi connectivity index (χ4v) is 3.85. The van der Waals surface area contributed by atoms with Crippen LogP contribution in [0.5, 0.6) is 11.5 Å². The first kappa shape index (κ1) is 17.4. The molecule has 0 amide bonds. The van der Waals surface area contributed by atoms with Crippen molar-refractivity contribution in [2.24, 2.45) is 5.73 Å². The molecule has 0 saturated heterocycles. The fraction of sp³-hybridized carbons (Fsp3) is 0.438. The second-order valence-electron chi connectivity index (χ2n) is 5.69. The van der Waals surface area contributed by atoms with E-state index in [0.29, 0.717) is 13.0 Å². The molecule has 8 nitrogen and oxygen atoms in total. The van der Waals surface area contributed by atoms with Crippen LogP contribution < -0.4 is 15.2 Å². The standard InChI is InChI=1S/C16H19N3O5S/c1-10-15(4-5-24-19(20)21)25-16(18-10)12(8-17)6-11-2-3-13-14(7-11)23-9-22-13/h2-3,7,12H,4-6,8-9,17H2,1H3. The maximum Gasteiger partial charge on any atom is 0.294 e. The second kappa shape index (κ2) is 7.66. The molecule has 1 atom stereocenters. The van der Waals surface area contributed by atoms with Crippen molar-refractivity contribution in [2.45, 2.75) is 25.7 Å². The number of fused-ring (bicyclic) bond motifs is 1. The number of rotatable bonds is 8. The number of hydrogen-bond acceptors (Lipinski definition) is 8. The highest BCUT2D eigenvalue weighted by Crippen LogP contribution is 2.34. The number of nitrogens with zero attached hydrogens (tertiary/aromatic N) is 2. The Morgan fingerprint density at radius 3 is 3.00 bits per heavy atom. The van der Waals surface area contributed by atoms with Gasteiger partial charge in [0.15, 0.2) is 11.5 Å². The van der Waals surface area contributed by atoms with Crippen molar-refractivity contribution in [3.63, 3.8) is 0 Å². The Kier molecular flexibility index (Phi) is 5.34. The third kappa shape index (κ3) is 4.18. The predicted octanol–water partition coefficient (Wildman–Crippen LogP) is 2.22. The number of hydrogen-bond donors (Lipinski definition) is 1. The summed E-state index contributed by atoms with van der Waals surface area (Å²) in [5.74, 6) is 1.58. The van der Waals surface area contributed by atoms with E-state index in [1.807, 2.05) is 25.1 Å². The molecule has 1 aromatic carbocycles. The van der Waals surface area contributed by atoms with Crippen molar-refractivity contribution < 1.29 is 19.4 Å². The smallest absolute Gasteiger partial charge is 0.294 e. The monoisotopic (exact) mass is 365 g/mol. The van der Waals surface area contributed by atoms with Crippen molar-refractivity contribution in [1.29, 1.82) is 0 Å². The van der Waals surface area contributed by atoms with Gasteiger partial charge in [0.05, 0.1) is 10.7 Å². The van der Waals surface area contributed by atoms with Gasteiger partial charge in [-0.1, -0.05) is 6.07 Å². The summed E-state index contributed by atoms with van der Waals surface area (Å²) in [6, 6.07) is 5.87. The van der Waals surface area contributed by atoms with Gasteiger partial charge < -0.3 is 20.0 Å². The Hall–Kier alpha value is -2.39. The van der Waals surface area contributed by atoms with Gasteiger partial charge in [-0.2, -0.15) is 0 Å². The summed E-state index contributed by atoms with van der Waals surface area (Å²) < 4.78 is 10.7. The van der Waals surface area contributed by atoms with Gasteiger partial charge in [0.1, 0.15) is 6.61 Å². The first-order valence-electron chi connectivity index (χ1n) is 7.89. The highest BCUT2D eigenvalue weighted by Gasteiger charge is 2.19. The molecule has 1 unspecified atom stereocenters. The van der Waals surface area contributed by atoms with Crippen molar-refractivity contribution in [1.82, 2.24) is 4.98 Å². The van der Waals surface area contributed by atoms with Gasteiger partial charge in [-0.25, -0.2) is 4.98 Å². The molecule has 2 heterocycles. The van der Waals surface area contributed by atoms with Crippen molar-refractivity contribution >= 4 is 11.3 Å². The summed E-state index contributed by atoms with van der Waals surface area (Å²) >= 11 is 1.54. The zero-order valence-corrected chi connectivity index (χ0v) is 14.6. The van der Waals surface area contributed by atoms with E-state index in [0.717, 1.165) is 39.1 Å². The van der Waals surface area contributed by atoms with Crippen LogP contribution in [0.25, 0.3) is 0 Å². The van der Waals surface area contributed by atoms with Gasteiger partial charge in [0.2, 0.25) is 6.79 Å². The van der Waals surface area contributed by atoms with Gasteiger partial charge in [-0.05, 0) is 31.0 Å². The lowest BCUT2D eigenvalue weighted by Gasteiger charge is -2.12. The molecule has 0 saturated carbocycles. The molecule has 0 aliphatic carbocycles. The first-order chi connectivity index (χ1) is 12.1. The van der Waals surface area contributed by atoms with E-state index in [1.54, 1.807) is 0 Å². The topological polar surface area (TPSA) is 110 Å². The molecule has 1 aliphatic heterocycles. The van der Waals surface area contributed by atoms with Crippen LogP contribution in [0.4, 0.5) is 0 Å². The minimum absolute atomic E-state index is 0.0327. The second-order valence-corrected chi connectivity index (χ2v) is 6.81. The molecule has 0 radical (unpaired) electrons. The Balaban J connectivity index is 1.69. The highest BCUT2D eigenvalue weighted by molar-refractivity contribution is 7.11. The average Bonchev–Trinajstić information content (AvgIpc) is 3.18. The van der Waals surface area contributed by atoms with Gasteiger partial charge >= 0.3 is 0 Å². The molecule has 9 heteroatoms. The number of aryl methyl sites for hydroxylation is 1. The third-order valence-electron chi connectivity index (χ3n) is 3.99. The summed E-state index contributed by atoms with van der Waals surface area (Å²) in [6.07, 6.45) is 1.21. The van der Waals surface area contributed by atoms with Crippen LogP contribution in [-0.4, -0.2) is 30.0 Å². The van der Waals surface area contributed by atoms with Crippen LogP contribution in [0.15, 0.2) is 18.2 Å². The Labute approximate surface area is 148 Å². The highest BCUT2D eigenvalue weighted by atomic mass is 32.1. The molecule has 134 valence electrons.